The minimum absolute atomic E-state index is 0. The molecule has 0 spiro atoms. The number of nitrogens with one attached hydrogen (secondary N) is 2. The Labute approximate surface area is 122 Å². The Bertz CT molecular complexity index is 252. The molecule has 2 unspecified atom stereocenters. The summed E-state index contributed by atoms with van der Waals surface area (Å²) in [6.07, 6.45) is 4.75. The summed E-state index contributed by atoms with van der Waals surface area (Å²) in [5, 5.41) is 6.31. The predicted molar refractivity (Wildman–Crippen MR) is 78.7 cm³/mol. The molecule has 2 aliphatic rings. The second kappa shape index (κ2) is 8.20. The van der Waals surface area contributed by atoms with E-state index in [1.165, 1.54) is 12.8 Å². The van der Waals surface area contributed by atoms with Crippen LogP contribution in [0.3, 0.4) is 0 Å². The number of amides is 1. The fraction of sp³-hybridized carbons (Fsp3) is 0.917. The molecule has 4 nitrogen and oxygen atoms in total. The molecule has 108 valence electrons. The SMILES string of the molecule is CN(C)C(CNC(=O)C1CCCN1)C1CC1.Cl.Cl. The third kappa shape index (κ3) is 4.92. The largest absolute Gasteiger partial charge is 0.353 e. The van der Waals surface area contributed by atoms with Crippen molar-refractivity contribution in [3.05, 3.63) is 0 Å². The number of hydrogen-bond acceptors (Lipinski definition) is 3. The van der Waals surface area contributed by atoms with Gasteiger partial charge >= 0.3 is 0 Å². The molecule has 1 heterocycles. The van der Waals surface area contributed by atoms with Gasteiger partial charge in [0.1, 0.15) is 0 Å². The Balaban J connectivity index is 0.00000144. The molecule has 2 N–H and O–H groups in total. The summed E-state index contributed by atoms with van der Waals surface area (Å²) in [6, 6.07) is 0.576. The zero-order valence-corrected chi connectivity index (χ0v) is 12.8. The van der Waals surface area contributed by atoms with Gasteiger partial charge in [0.2, 0.25) is 5.91 Å². The maximum Gasteiger partial charge on any atom is 0.237 e. The zero-order chi connectivity index (χ0) is 11.5. The van der Waals surface area contributed by atoms with Gasteiger partial charge in [-0.25, -0.2) is 0 Å². The quantitative estimate of drug-likeness (QED) is 0.797. The molecular formula is C12H25Cl2N3O. The monoisotopic (exact) mass is 297 g/mol. The molecule has 0 aromatic carbocycles. The van der Waals surface area contributed by atoms with E-state index in [2.05, 4.69) is 29.6 Å². The number of hydrogen-bond donors (Lipinski definition) is 2. The van der Waals surface area contributed by atoms with Crippen LogP contribution in [-0.2, 0) is 4.79 Å². The molecule has 1 aliphatic heterocycles. The molecule has 1 saturated carbocycles. The fourth-order valence-corrected chi connectivity index (χ4v) is 2.49. The highest BCUT2D eigenvalue weighted by Crippen LogP contribution is 2.34. The van der Waals surface area contributed by atoms with Crippen LogP contribution < -0.4 is 10.6 Å². The molecule has 1 saturated heterocycles. The van der Waals surface area contributed by atoms with E-state index in [-0.39, 0.29) is 36.8 Å². The Morgan fingerprint density at radius 2 is 2.00 bits per heavy atom. The topological polar surface area (TPSA) is 44.4 Å². The van der Waals surface area contributed by atoms with Gasteiger partial charge < -0.3 is 15.5 Å². The lowest BCUT2D eigenvalue weighted by Crippen LogP contribution is -2.47. The average molecular weight is 298 g/mol. The van der Waals surface area contributed by atoms with Crippen LogP contribution >= 0.6 is 24.8 Å². The van der Waals surface area contributed by atoms with Crippen LogP contribution in [0.2, 0.25) is 0 Å². The standard InChI is InChI=1S/C12H23N3O.2ClH/c1-15(2)11(9-5-6-9)8-14-12(16)10-4-3-7-13-10;;/h9-11,13H,3-8H2,1-2H3,(H,14,16);2*1H. The zero-order valence-electron chi connectivity index (χ0n) is 11.1. The molecule has 1 aliphatic carbocycles. The van der Waals surface area contributed by atoms with Crippen molar-refractivity contribution in [2.24, 2.45) is 5.92 Å². The van der Waals surface area contributed by atoms with E-state index >= 15 is 0 Å². The second-order valence-corrected chi connectivity index (χ2v) is 5.26. The summed E-state index contributed by atoms with van der Waals surface area (Å²) in [6.45, 7) is 1.78. The molecule has 0 aromatic heterocycles. The van der Waals surface area contributed by atoms with Gasteiger partial charge in [-0.1, -0.05) is 0 Å². The first-order valence-corrected chi connectivity index (χ1v) is 6.36. The number of likely N-dealkylation sites (N-methyl/N-ethyl adjacent to an activating group) is 1. The van der Waals surface area contributed by atoms with Crippen LogP contribution in [0, 0.1) is 5.92 Å². The second-order valence-electron chi connectivity index (χ2n) is 5.26. The molecular weight excluding hydrogens is 273 g/mol. The van der Waals surface area contributed by atoms with E-state index < -0.39 is 0 Å². The van der Waals surface area contributed by atoms with Crippen LogP contribution in [-0.4, -0.2) is 50.1 Å². The van der Waals surface area contributed by atoms with E-state index in [1.807, 2.05) is 0 Å². The molecule has 0 bridgehead atoms. The smallest absolute Gasteiger partial charge is 0.237 e. The third-order valence-corrected chi connectivity index (χ3v) is 3.69. The molecule has 6 heteroatoms. The van der Waals surface area contributed by atoms with Crippen molar-refractivity contribution in [3.8, 4) is 0 Å². The minimum Gasteiger partial charge on any atom is -0.353 e. The maximum atomic E-state index is 11.8. The van der Waals surface area contributed by atoms with Crippen LogP contribution in [0.5, 0.6) is 0 Å². The van der Waals surface area contributed by atoms with Crippen molar-refractivity contribution >= 4 is 30.7 Å². The Morgan fingerprint density at radius 3 is 2.44 bits per heavy atom. The van der Waals surface area contributed by atoms with Crippen molar-refractivity contribution in [1.29, 1.82) is 0 Å². The normalized spacial score (nSPS) is 24.1. The molecule has 0 radical (unpaired) electrons. The highest BCUT2D eigenvalue weighted by molar-refractivity contribution is 5.85. The van der Waals surface area contributed by atoms with Crippen LogP contribution in [0.1, 0.15) is 25.7 Å². The molecule has 1 amide bonds. The highest BCUT2D eigenvalue weighted by Gasteiger charge is 2.33. The summed E-state index contributed by atoms with van der Waals surface area (Å²) >= 11 is 0. The van der Waals surface area contributed by atoms with Crippen LogP contribution in [0.4, 0.5) is 0 Å². The lowest BCUT2D eigenvalue weighted by atomic mass is 10.1. The number of halogens is 2. The van der Waals surface area contributed by atoms with Crippen molar-refractivity contribution in [2.45, 2.75) is 37.8 Å². The summed E-state index contributed by atoms with van der Waals surface area (Å²) in [7, 11) is 4.20. The molecule has 18 heavy (non-hydrogen) atoms. The van der Waals surface area contributed by atoms with Gasteiger partial charge in [-0.2, -0.15) is 0 Å². The first kappa shape index (κ1) is 18.0. The van der Waals surface area contributed by atoms with E-state index in [0.717, 1.165) is 31.8 Å². The van der Waals surface area contributed by atoms with Crippen molar-refractivity contribution in [1.82, 2.24) is 15.5 Å². The minimum atomic E-state index is 0. The fourth-order valence-electron chi connectivity index (χ4n) is 2.49. The average Bonchev–Trinajstić information content (AvgIpc) is 2.93. The predicted octanol–water partition coefficient (Wildman–Crippen LogP) is 1.04. The highest BCUT2D eigenvalue weighted by atomic mass is 35.5. The van der Waals surface area contributed by atoms with E-state index in [1.54, 1.807) is 0 Å². The molecule has 0 aromatic rings. The summed E-state index contributed by atoms with van der Waals surface area (Å²) in [4.78, 5) is 14.1. The van der Waals surface area contributed by atoms with E-state index in [9.17, 15) is 4.79 Å². The van der Waals surface area contributed by atoms with Gasteiger partial charge in [0.25, 0.3) is 0 Å². The van der Waals surface area contributed by atoms with Crippen molar-refractivity contribution < 1.29 is 4.79 Å². The Hall–Kier alpha value is -0.0300. The number of rotatable bonds is 5. The van der Waals surface area contributed by atoms with Gasteiger partial charge in [-0.05, 0) is 52.2 Å². The Morgan fingerprint density at radius 1 is 1.33 bits per heavy atom. The Kier molecular flexibility index (Phi) is 8.19. The van der Waals surface area contributed by atoms with E-state index in [4.69, 9.17) is 0 Å². The van der Waals surface area contributed by atoms with E-state index in [0.29, 0.717) is 6.04 Å². The van der Waals surface area contributed by atoms with Crippen LogP contribution in [0.15, 0.2) is 0 Å². The molecule has 2 atom stereocenters. The number of nitrogens with zero attached hydrogens (tertiary/aromatic N) is 1. The van der Waals surface area contributed by atoms with Crippen LogP contribution in [0.25, 0.3) is 0 Å². The van der Waals surface area contributed by atoms with Gasteiger partial charge in [0.15, 0.2) is 0 Å². The lowest BCUT2D eigenvalue weighted by Gasteiger charge is -2.25. The van der Waals surface area contributed by atoms with Gasteiger partial charge in [0, 0.05) is 12.6 Å². The van der Waals surface area contributed by atoms with Crippen molar-refractivity contribution in [2.75, 3.05) is 27.2 Å². The third-order valence-electron chi connectivity index (χ3n) is 3.69. The summed E-state index contributed by atoms with van der Waals surface area (Å²) in [5.74, 6) is 0.983. The molecule has 2 fully saturated rings. The maximum absolute atomic E-state index is 11.8. The first-order chi connectivity index (χ1) is 7.68. The number of carbonyl (C=O) groups is 1. The summed E-state index contributed by atoms with van der Waals surface area (Å²) in [5.41, 5.74) is 0. The lowest BCUT2D eigenvalue weighted by molar-refractivity contribution is -0.123. The number of carbonyl (C=O) groups excluding carboxylic acids is 1. The van der Waals surface area contributed by atoms with Crippen molar-refractivity contribution in [3.63, 3.8) is 0 Å². The first-order valence-electron chi connectivity index (χ1n) is 6.36. The summed E-state index contributed by atoms with van der Waals surface area (Å²) < 4.78 is 0. The van der Waals surface area contributed by atoms with Gasteiger partial charge in [-0.15, -0.1) is 24.8 Å². The molecule has 2 rings (SSSR count). The van der Waals surface area contributed by atoms with Gasteiger partial charge in [0.05, 0.1) is 6.04 Å². The van der Waals surface area contributed by atoms with Gasteiger partial charge in [-0.3, -0.25) is 4.79 Å².